The Labute approximate surface area is 122 Å². The van der Waals surface area contributed by atoms with Crippen LogP contribution in [-0.4, -0.2) is 16.5 Å². The highest BCUT2D eigenvalue weighted by Crippen LogP contribution is 2.31. The lowest BCUT2D eigenvalue weighted by molar-refractivity contribution is 0.897. The highest BCUT2D eigenvalue weighted by Gasteiger charge is 2.08. The molecule has 0 saturated heterocycles. The van der Waals surface area contributed by atoms with Gasteiger partial charge in [-0.2, -0.15) is 0 Å². The molecule has 0 aliphatic heterocycles. The van der Waals surface area contributed by atoms with E-state index in [1.54, 1.807) is 0 Å². The molecular formula is C14H16ClN3S. The van der Waals surface area contributed by atoms with E-state index in [9.17, 15) is 0 Å². The second-order valence-electron chi connectivity index (χ2n) is 4.33. The Hall–Kier alpha value is -1.10. The normalized spacial score (nSPS) is 10.7. The van der Waals surface area contributed by atoms with Gasteiger partial charge in [0.15, 0.2) is 5.16 Å². The van der Waals surface area contributed by atoms with Crippen molar-refractivity contribution in [3.05, 3.63) is 46.2 Å². The first-order valence-corrected chi connectivity index (χ1v) is 7.26. The third kappa shape index (κ3) is 3.93. The molecule has 0 spiro atoms. The second-order valence-corrected chi connectivity index (χ2v) is 5.77. The number of hydrogen-bond acceptors (Lipinski definition) is 4. The fourth-order valence-corrected chi connectivity index (χ4v) is 3.12. The first-order chi connectivity index (χ1) is 9.08. The maximum absolute atomic E-state index is 6.06. The summed E-state index contributed by atoms with van der Waals surface area (Å²) in [7, 11) is 0. The molecule has 1 heterocycles. The summed E-state index contributed by atoms with van der Waals surface area (Å²) < 4.78 is 0. The van der Waals surface area contributed by atoms with Crippen LogP contribution in [0.4, 0.5) is 0 Å². The Morgan fingerprint density at radius 1 is 1.16 bits per heavy atom. The molecule has 3 nitrogen and oxygen atoms in total. The molecular weight excluding hydrogens is 278 g/mol. The van der Waals surface area contributed by atoms with E-state index in [-0.39, 0.29) is 0 Å². The van der Waals surface area contributed by atoms with E-state index < -0.39 is 0 Å². The molecule has 0 aliphatic carbocycles. The highest BCUT2D eigenvalue weighted by molar-refractivity contribution is 7.99. The number of hydrogen-bond donors (Lipinski definition) is 1. The lowest BCUT2D eigenvalue weighted by Gasteiger charge is -2.09. The zero-order valence-electron chi connectivity index (χ0n) is 11.0. The summed E-state index contributed by atoms with van der Waals surface area (Å²) in [6, 6.07) is 7.81. The monoisotopic (exact) mass is 293 g/mol. The largest absolute Gasteiger partial charge is 0.330 e. The van der Waals surface area contributed by atoms with Gasteiger partial charge in [-0.3, -0.25) is 0 Å². The molecule has 19 heavy (non-hydrogen) atoms. The van der Waals surface area contributed by atoms with Crippen LogP contribution in [-0.2, 0) is 6.42 Å². The summed E-state index contributed by atoms with van der Waals surface area (Å²) >= 11 is 7.59. The van der Waals surface area contributed by atoms with E-state index in [0.717, 1.165) is 27.9 Å². The van der Waals surface area contributed by atoms with Crippen molar-refractivity contribution < 1.29 is 0 Å². The third-order valence-corrected chi connectivity index (χ3v) is 3.81. The lowest BCUT2D eigenvalue weighted by atomic mass is 10.1. The summed E-state index contributed by atoms with van der Waals surface area (Å²) in [6.45, 7) is 4.55. The smallest absolute Gasteiger partial charge is 0.192 e. The van der Waals surface area contributed by atoms with Crippen molar-refractivity contribution in [1.29, 1.82) is 0 Å². The molecule has 1 aromatic carbocycles. The Bertz CT molecular complexity index is 567. The van der Waals surface area contributed by atoms with Crippen LogP contribution in [0.25, 0.3) is 0 Å². The van der Waals surface area contributed by atoms with E-state index in [4.69, 9.17) is 17.3 Å². The van der Waals surface area contributed by atoms with Crippen LogP contribution in [0, 0.1) is 13.8 Å². The van der Waals surface area contributed by atoms with Crippen LogP contribution in [0.1, 0.15) is 17.0 Å². The number of aromatic nitrogens is 2. The van der Waals surface area contributed by atoms with Crippen molar-refractivity contribution >= 4 is 23.4 Å². The maximum Gasteiger partial charge on any atom is 0.192 e. The molecule has 0 atom stereocenters. The average Bonchev–Trinajstić information content (AvgIpc) is 2.31. The topological polar surface area (TPSA) is 51.8 Å². The van der Waals surface area contributed by atoms with Gasteiger partial charge in [-0.25, -0.2) is 9.97 Å². The van der Waals surface area contributed by atoms with Crippen molar-refractivity contribution in [3.63, 3.8) is 0 Å². The Morgan fingerprint density at radius 3 is 2.47 bits per heavy atom. The van der Waals surface area contributed by atoms with E-state index in [0.29, 0.717) is 11.6 Å². The second kappa shape index (κ2) is 6.37. The minimum absolute atomic E-state index is 0.614. The first kappa shape index (κ1) is 14.3. The van der Waals surface area contributed by atoms with Gasteiger partial charge in [0, 0.05) is 21.3 Å². The van der Waals surface area contributed by atoms with Gasteiger partial charge in [-0.15, -0.1) is 0 Å². The molecule has 2 N–H and O–H groups in total. The Morgan fingerprint density at radius 2 is 1.84 bits per heavy atom. The maximum atomic E-state index is 6.06. The van der Waals surface area contributed by atoms with Gasteiger partial charge in [-0.05, 0) is 62.3 Å². The Balaban J connectivity index is 2.33. The van der Waals surface area contributed by atoms with Crippen LogP contribution in [0.3, 0.4) is 0 Å². The number of nitrogens with two attached hydrogens (primary N) is 1. The van der Waals surface area contributed by atoms with E-state index >= 15 is 0 Å². The van der Waals surface area contributed by atoms with Crippen molar-refractivity contribution in [2.45, 2.75) is 30.3 Å². The van der Waals surface area contributed by atoms with Crippen molar-refractivity contribution in [2.75, 3.05) is 6.54 Å². The predicted molar refractivity (Wildman–Crippen MR) is 79.8 cm³/mol. The lowest BCUT2D eigenvalue weighted by Crippen LogP contribution is -2.04. The molecule has 1 aromatic heterocycles. The zero-order chi connectivity index (χ0) is 13.8. The Kier molecular flexibility index (Phi) is 4.80. The molecule has 2 aromatic rings. The molecule has 0 unspecified atom stereocenters. The van der Waals surface area contributed by atoms with Gasteiger partial charge in [0.1, 0.15) is 0 Å². The van der Waals surface area contributed by atoms with E-state index in [1.807, 2.05) is 38.1 Å². The van der Waals surface area contributed by atoms with Gasteiger partial charge in [0.25, 0.3) is 0 Å². The van der Waals surface area contributed by atoms with Crippen molar-refractivity contribution in [3.8, 4) is 0 Å². The molecule has 2 rings (SSSR count). The SMILES string of the molecule is Cc1cc(C)nc(Sc2cc(Cl)ccc2CCN)n1. The van der Waals surface area contributed by atoms with Crippen LogP contribution < -0.4 is 5.73 Å². The molecule has 100 valence electrons. The molecule has 5 heteroatoms. The molecule has 0 bridgehead atoms. The number of rotatable bonds is 4. The summed E-state index contributed by atoms with van der Waals surface area (Å²) in [5, 5.41) is 1.46. The molecule has 0 aliphatic rings. The first-order valence-electron chi connectivity index (χ1n) is 6.07. The van der Waals surface area contributed by atoms with E-state index in [1.165, 1.54) is 17.3 Å². The van der Waals surface area contributed by atoms with E-state index in [2.05, 4.69) is 9.97 Å². The number of nitrogens with zero attached hydrogens (tertiary/aromatic N) is 2. The molecule has 0 amide bonds. The van der Waals surface area contributed by atoms with Crippen molar-refractivity contribution in [2.24, 2.45) is 5.73 Å². The van der Waals surface area contributed by atoms with Gasteiger partial charge < -0.3 is 5.73 Å². The number of halogens is 1. The average molecular weight is 294 g/mol. The van der Waals surface area contributed by atoms with Crippen molar-refractivity contribution in [1.82, 2.24) is 9.97 Å². The van der Waals surface area contributed by atoms with Crippen LogP contribution in [0.2, 0.25) is 5.02 Å². The summed E-state index contributed by atoms with van der Waals surface area (Å²) in [4.78, 5) is 9.95. The van der Waals surface area contributed by atoms with Crippen LogP contribution in [0.5, 0.6) is 0 Å². The number of benzene rings is 1. The van der Waals surface area contributed by atoms with Gasteiger partial charge in [0.2, 0.25) is 0 Å². The quantitative estimate of drug-likeness (QED) is 0.878. The van der Waals surface area contributed by atoms with Crippen LogP contribution in [0.15, 0.2) is 34.3 Å². The zero-order valence-corrected chi connectivity index (χ0v) is 12.6. The minimum atomic E-state index is 0.614. The summed E-state index contributed by atoms with van der Waals surface area (Å²) in [5.74, 6) is 0. The highest BCUT2D eigenvalue weighted by atomic mass is 35.5. The summed E-state index contributed by atoms with van der Waals surface area (Å²) in [6.07, 6.45) is 0.824. The third-order valence-electron chi connectivity index (χ3n) is 2.61. The van der Waals surface area contributed by atoms with Gasteiger partial charge >= 0.3 is 0 Å². The van der Waals surface area contributed by atoms with Gasteiger partial charge in [0.05, 0.1) is 0 Å². The van der Waals surface area contributed by atoms with Gasteiger partial charge in [-0.1, -0.05) is 17.7 Å². The fraction of sp³-hybridized carbons (Fsp3) is 0.286. The standard InChI is InChI=1S/C14H16ClN3S/c1-9-7-10(2)18-14(17-9)19-13-8-12(15)4-3-11(13)5-6-16/h3-4,7-8H,5-6,16H2,1-2H3. The molecule has 0 fully saturated rings. The minimum Gasteiger partial charge on any atom is -0.330 e. The van der Waals surface area contributed by atoms with Crippen LogP contribution >= 0.6 is 23.4 Å². The molecule has 0 saturated carbocycles. The summed E-state index contributed by atoms with van der Waals surface area (Å²) in [5.41, 5.74) is 8.76. The predicted octanol–water partition coefficient (Wildman–Crippen LogP) is 3.40. The number of aryl methyl sites for hydroxylation is 2. The fourth-order valence-electron chi connectivity index (χ4n) is 1.82. The molecule has 0 radical (unpaired) electrons.